The molecule has 16 heavy (non-hydrogen) atoms. The van der Waals surface area contributed by atoms with Crippen molar-refractivity contribution < 1.29 is 4.79 Å². The van der Waals surface area contributed by atoms with Gasteiger partial charge in [-0.2, -0.15) is 0 Å². The van der Waals surface area contributed by atoms with Gasteiger partial charge >= 0.3 is 0 Å². The lowest BCUT2D eigenvalue weighted by Crippen LogP contribution is -2.40. The molecule has 0 bridgehead atoms. The standard InChI is InChI=1S/C12H22N2OS/c1-3-10(11(13)16)12(15)14(2)8-9-6-4-5-7-9/h9-10H,3-8H2,1-2H3,(H2,13,16). The summed E-state index contributed by atoms with van der Waals surface area (Å²) < 4.78 is 0. The summed E-state index contributed by atoms with van der Waals surface area (Å²) in [6, 6.07) is 0. The van der Waals surface area contributed by atoms with Crippen LogP contribution < -0.4 is 5.73 Å². The molecule has 0 radical (unpaired) electrons. The zero-order chi connectivity index (χ0) is 12.1. The van der Waals surface area contributed by atoms with Crippen molar-refractivity contribution in [2.75, 3.05) is 13.6 Å². The first-order chi connectivity index (χ1) is 7.56. The van der Waals surface area contributed by atoms with E-state index in [1.807, 2.05) is 18.9 Å². The number of rotatable bonds is 5. The van der Waals surface area contributed by atoms with E-state index in [2.05, 4.69) is 0 Å². The molecule has 1 rings (SSSR count). The maximum Gasteiger partial charge on any atom is 0.232 e. The molecule has 0 heterocycles. The lowest BCUT2D eigenvalue weighted by molar-refractivity contribution is -0.132. The third-order valence-corrected chi connectivity index (χ3v) is 3.72. The van der Waals surface area contributed by atoms with E-state index >= 15 is 0 Å². The first kappa shape index (κ1) is 13.4. The van der Waals surface area contributed by atoms with Crippen molar-refractivity contribution in [2.45, 2.75) is 39.0 Å². The SMILES string of the molecule is CCC(C(=O)N(C)CC1CCCC1)C(N)=S. The van der Waals surface area contributed by atoms with Gasteiger partial charge in [-0.15, -0.1) is 0 Å². The van der Waals surface area contributed by atoms with Gasteiger partial charge in [-0.25, -0.2) is 0 Å². The minimum atomic E-state index is -0.276. The van der Waals surface area contributed by atoms with Gasteiger partial charge in [0.15, 0.2) is 0 Å². The molecule has 2 N–H and O–H groups in total. The second-order valence-corrected chi connectivity index (χ2v) is 5.20. The van der Waals surface area contributed by atoms with Gasteiger partial charge in [-0.05, 0) is 25.2 Å². The van der Waals surface area contributed by atoms with E-state index in [0.29, 0.717) is 17.3 Å². The van der Waals surface area contributed by atoms with Crippen LogP contribution in [-0.4, -0.2) is 29.4 Å². The zero-order valence-corrected chi connectivity index (χ0v) is 11.1. The Balaban J connectivity index is 2.48. The van der Waals surface area contributed by atoms with Crippen LogP contribution in [0.1, 0.15) is 39.0 Å². The predicted molar refractivity (Wildman–Crippen MR) is 70.2 cm³/mol. The van der Waals surface area contributed by atoms with Crippen LogP contribution >= 0.6 is 12.2 Å². The second-order valence-electron chi connectivity index (χ2n) is 4.73. The van der Waals surface area contributed by atoms with Gasteiger partial charge in [0, 0.05) is 13.6 Å². The number of amides is 1. The predicted octanol–water partition coefficient (Wildman–Crippen LogP) is 1.95. The van der Waals surface area contributed by atoms with Crippen LogP contribution in [0.4, 0.5) is 0 Å². The van der Waals surface area contributed by atoms with Gasteiger partial charge < -0.3 is 10.6 Å². The highest BCUT2D eigenvalue weighted by Crippen LogP contribution is 2.25. The lowest BCUT2D eigenvalue weighted by Gasteiger charge is -2.25. The largest absolute Gasteiger partial charge is 0.393 e. The van der Waals surface area contributed by atoms with E-state index < -0.39 is 0 Å². The molecule has 0 aromatic rings. The molecule has 0 aromatic heterocycles. The Morgan fingerprint density at radius 3 is 2.50 bits per heavy atom. The summed E-state index contributed by atoms with van der Waals surface area (Å²) in [5.41, 5.74) is 5.58. The summed E-state index contributed by atoms with van der Waals surface area (Å²) in [7, 11) is 1.86. The molecule has 1 saturated carbocycles. The monoisotopic (exact) mass is 242 g/mol. The van der Waals surface area contributed by atoms with Crippen molar-refractivity contribution in [2.24, 2.45) is 17.6 Å². The molecule has 3 nitrogen and oxygen atoms in total. The summed E-state index contributed by atoms with van der Waals surface area (Å²) in [5, 5.41) is 0. The maximum atomic E-state index is 12.1. The molecule has 4 heteroatoms. The molecule has 1 aliphatic rings. The highest BCUT2D eigenvalue weighted by molar-refractivity contribution is 7.80. The Labute approximate surface area is 103 Å². The summed E-state index contributed by atoms with van der Waals surface area (Å²) in [5.74, 6) is 0.487. The fourth-order valence-corrected chi connectivity index (χ4v) is 2.70. The van der Waals surface area contributed by atoms with E-state index in [-0.39, 0.29) is 11.8 Å². The zero-order valence-electron chi connectivity index (χ0n) is 10.2. The molecule has 1 unspecified atom stereocenters. The van der Waals surface area contributed by atoms with Crippen LogP contribution in [0.3, 0.4) is 0 Å². The number of nitrogens with two attached hydrogens (primary N) is 1. The van der Waals surface area contributed by atoms with E-state index in [9.17, 15) is 4.79 Å². The smallest absolute Gasteiger partial charge is 0.232 e. The average Bonchev–Trinajstić information content (AvgIpc) is 2.70. The maximum absolute atomic E-state index is 12.1. The van der Waals surface area contributed by atoms with Crippen LogP contribution in [0.5, 0.6) is 0 Å². The number of thiocarbonyl (C=S) groups is 1. The van der Waals surface area contributed by atoms with Gasteiger partial charge in [0.05, 0.1) is 10.9 Å². The summed E-state index contributed by atoms with van der Waals surface area (Å²) in [4.78, 5) is 14.2. The summed E-state index contributed by atoms with van der Waals surface area (Å²) in [6.07, 6.45) is 5.81. The summed E-state index contributed by atoms with van der Waals surface area (Å²) in [6.45, 7) is 2.81. The van der Waals surface area contributed by atoms with Crippen LogP contribution in [0, 0.1) is 11.8 Å². The Bertz CT molecular complexity index is 262. The third-order valence-electron chi connectivity index (χ3n) is 3.43. The van der Waals surface area contributed by atoms with Crippen molar-refractivity contribution in [3.63, 3.8) is 0 Å². The first-order valence-electron chi connectivity index (χ1n) is 6.10. The van der Waals surface area contributed by atoms with Crippen molar-refractivity contribution in [1.82, 2.24) is 4.90 Å². The quantitative estimate of drug-likeness (QED) is 0.750. The van der Waals surface area contributed by atoms with Crippen molar-refractivity contribution in [3.05, 3.63) is 0 Å². The van der Waals surface area contributed by atoms with Crippen LogP contribution in [-0.2, 0) is 4.79 Å². The second kappa shape index (κ2) is 6.18. The normalized spacial score (nSPS) is 18.4. The molecule has 0 saturated heterocycles. The van der Waals surface area contributed by atoms with Gasteiger partial charge in [0.25, 0.3) is 0 Å². The first-order valence-corrected chi connectivity index (χ1v) is 6.51. The molecule has 1 fully saturated rings. The van der Waals surface area contributed by atoms with E-state index in [1.165, 1.54) is 25.7 Å². The molecule has 0 aliphatic heterocycles. The minimum absolute atomic E-state index is 0.0851. The molecular formula is C12H22N2OS. The van der Waals surface area contributed by atoms with Crippen LogP contribution in [0.15, 0.2) is 0 Å². The van der Waals surface area contributed by atoms with Gasteiger partial charge in [-0.3, -0.25) is 4.79 Å². The Morgan fingerprint density at radius 1 is 1.50 bits per heavy atom. The van der Waals surface area contributed by atoms with Crippen molar-refractivity contribution in [1.29, 1.82) is 0 Å². The summed E-state index contributed by atoms with van der Waals surface area (Å²) >= 11 is 4.92. The van der Waals surface area contributed by atoms with Gasteiger partial charge in [0.1, 0.15) is 0 Å². The van der Waals surface area contributed by atoms with Gasteiger partial charge in [0.2, 0.25) is 5.91 Å². The molecule has 0 spiro atoms. The number of nitrogens with zero attached hydrogens (tertiary/aromatic N) is 1. The van der Waals surface area contributed by atoms with E-state index in [0.717, 1.165) is 6.54 Å². The minimum Gasteiger partial charge on any atom is -0.393 e. The molecular weight excluding hydrogens is 220 g/mol. The Hall–Kier alpha value is -0.640. The third kappa shape index (κ3) is 3.44. The van der Waals surface area contributed by atoms with E-state index in [4.69, 9.17) is 18.0 Å². The number of hydrogen-bond acceptors (Lipinski definition) is 2. The fraction of sp³-hybridized carbons (Fsp3) is 0.833. The van der Waals surface area contributed by atoms with Crippen molar-refractivity contribution >= 4 is 23.1 Å². The van der Waals surface area contributed by atoms with Crippen LogP contribution in [0.2, 0.25) is 0 Å². The number of hydrogen-bond donors (Lipinski definition) is 1. The molecule has 92 valence electrons. The average molecular weight is 242 g/mol. The van der Waals surface area contributed by atoms with Gasteiger partial charge in [-0.1, -0.05) is 32.0 Å². The van der Waals surface area contributed by atoms with E-state index in [1.54, 1.807) is 0 Å². The topological polar surface area (TPSA) is 46.3 Å². The van der Waals surface area contributed by atoms with Crippen molar-refractivity contribution in [3.8, 4) is 0 Å². The Morgan fingerprint density at radius 2 is 2.06 bits per heavy atom. The molecule has 1 aliphatic carbocycles. The van der Waals surface area contributed by atoms with Crippen LogP contribution in [0.25, 0.3) is 0 Å². The molecule has 1 amide bonds. The molecule has 0 aromatic carbocycles. The lowest BCUT2D eigenvalue weighted by atomic mass is 10.0. The fourth-order valence-electron chi connectivity index (χ4n) is 2.43. The highest BCUT2D eigenvalue weighted by atomic mass is 32.1. The number of carbonyl (C=O) groups excluding carboxylic acids is 1. The highest BCUT2D eigenvalue weighted by Gasteiger charge is 2.25. The Kier molecular flexibility index (Phi) is 5.19. The molecule has 1 atom stereocenters. The number of carbonyl (C=O) groups is 1.